The third-order valence-electron chi connectivity index (χ3n) is 7.88. The van der Waals surface area contributed by atoms with Crippen LogP contribution >= 0.6 is 0 Å². The molecule has 0 atom stereocenters. The molecule has 1 heteroatoms. The summed E-state index contributed by atoms with van der Waals surface area (Å²) in [5, 5.41) is -0.168. The van der Waals surface area contributed by atoms with Crippen LogP contribution in [0.1, 0.15) is 23.3 Å². The van der Waals surface area contributed by atoms with Gasteiger partial charge in [-0.05, 0) is 72.6 Å². The second-order valence-corrected chi connectivity index (χ2v) is 10.3. The van der Waals surface area contributed by atoms with Crippen molar-refractivity contribution < 1.29 is 27.7 Å². The van der Waals surface area contributed by atoms with Crippen molar-refractivity contribution in [3.05, 3.63) is 169 Å². The molecule has 0 aliphatic heterocycles. The molecule has 1 nitrogen and oxygen atoms in total. The van der Waals surface area contributed by atoms with E-state index in [1.807, 2.05) is 30.3 Å². The van der Waals surface area contributed by atoms with Gasteiger partial charge in [0.2, 0.25) is 0 Å². The maximum absolute atomic E-state index is 9.46. The Labute approximate surface area is 285 Å². The number of hydrogen-bond acceptors (Lipinski definition) is 1. The van der Waals surface area contributed by atoms with E-state index >= 15 is 0 Å². The summed E-state index contributed by atoms with van der Waals surface area (Å²) < 4.78 is 158. The van der Waals surface area contributed by atoms with E-state index in [2.05, 4.69) is 0 Å². The lowest BCUT2D eigenvalue weighted by Crippen LogP contribution is -1.92. The molecule has 0 spiro atoms. The first-order valence-electron chi connectivity index (χ1n) is 22.6. The number of benzene rings is 8. The van der Waals surface area contributed by atoms with E-state index in [1.54, 1.807) is 36.4 Å². The number of para-hydroxylation sites is 1. The summed E-state index contributed by atoms with van der Waals surface area (Å²) in [6, 6.07) is 7.01. The topological polar surface area (TPSA) is 13.1 Å². The van der Waals surface area contributed by atoms with Crippen molar-refractivity contribution >= 4 is 43.5 Å². The van der Waals surface area contributed by atoms with Crippen molar-refractivity contribution in [1.82, 2.24) is 0 Å². The lowest BCUT2D eigenvalue weighted by molar-refractivity contribution is 0.670. The molecule has 210 valence electrons. The van der Waals surface area contributed by atoms with Gasteiger partial charge in [-0.3, -0.25) is 0 Å². The molecule has 0 bridgehead atoms. The number of hydrogen-bond donors (Lipinski definition) is 0. The summed E-state index contributed by atoms with van der Waals surface area (Å²) >= 11 is 0. The van der Waals surface area contributed by atoms with Gasteiger partial charge in [0.15, 0.2) is 0 Å². The van der Waals surface area contributed by atoms with Crippen LogP contribution in [0.5, 0.6) is 0 Å². The van der Waals surface area contributed by atoms with Crippen LogP contribution in [0.15, 0.2) is 174 Å². The zero-order valence-electron chi connectivity index (χ0n) is 40.3. The molecular weight excluding hydrogens is 544 g/mol. The van der Waals surface area contributed by atoms with Crippen molar-refractivity contribution in [2.24, 2.45) is 0 Å². The van der Waals surface area contributed by atoms with Crippen LogP contribution in [0, 0.1) is 0 Å². The molecule has 9 rings (SSSR count). The molecule has 45 heavy (non-hydrogen) atoms. The minimum Gasteiger partial charge on any atom is -0.455 e. The molecule has 0 aliphatic carbocycles. The summed E-state index contributed by atoms with van der Waals surface area (Å²) in [6.07, 6.45) is 0. The van der Waals surface area contributed by atoms with Gasteiger partial charge in [0.1, 0.15) is 11.2 Å². The van der Waals surface area contributed by atoms with Gasteiger partial charge < -0.3 is 4.42 Å². The zero-order valence-corrected chi connectivity index (χ0v) is 23.3. The van der Waals surface area contributed by atoms with Gasteiger partial charge in [-0.15, -0.1) is 0 Å². The van der Waals surface area contributed by atoms with Gasteiger partial charge in [-0.1, -0.05) is 157 Å². The Bertz CT molecular complexity index is 3350. The highest BCUT2D eigenvalue weighted by Gasteiger charge is 2.22. The Kier molecular flexibility index (Phi) is 3.18. The first-order chi connectivity index (χ1) is 29.4. The average Bonchev–Trinajstić information content (AvgIpc) is 3.67. The highest BCUT2D eigenvalue weighted by molar-refractivity contribution is 6.26. The number of fused-ring (bicyclic) bond motifs is 5. The average molecular weight is 590 g/mol. The lowest BCUT2D eigenvalue weighted by atomic mass is 9.84. The Balaban J connectivity index is 1.55. The summed E-state index contributed by atoms with van der Waals surface area (Å²) in [7, 11) is 0. The van der Waals surface area contributed by atoms with E-state index in [0.717, 1.165) is 5.56 Å². The predicted molar refractivity (Wildman–Crippen MR) is 190 cm³/mol. The highest BCUT2D eigenvalue weighted by Crippen LogP contribution is 2.48. The van der Waals surface area contributed by atoms with E-state index in [1.165, 1.54) is 0 Å². The van der Waals surface area contributed by atoms with Crippen LogP contribution < -0.4 is 0 Å². The molecule has 9 aromatic rings. The molecule has 1 aromatic heterocycles. The first-order valence-corrected chi connectivity index (χ1v) is 14.1. The summed E-state index contributed by atoms with van der Waals surface area (Å²) in [5.41, 5.74) is 0.241. The number of furan rings is 1. The van der Waals surface area contributed by atoms with Gasteiger partial charge in [-0.25, -0.2) is 0 Å². The third kappa shape index (κ3) is 4.09. The van der Waals surface area contributed by atoms with E-state index in [4.69, 9.17) is 16.8 Å². The normalized spacial score (nSPS) is 16.8. The van der Waals surface area contributed by atoms with Crippen molar-refractivity contribution in [3.8, 4) is 44.5 Å². The minimum absolute atomic E-state index is 0.0279. The SMILES string of the molecule is [2H]c1c([2H])c([2H])c(-c2c([2H])c([2H])c(-c3c4c([2H])c([2H])c([2H])c([2H])c4c(-c4ccc(-c5ccccc5)c5oc6ccccc6c45)c4c([2H])c([2H])c([2H])c([2H])c34)c([2H])c2[2H])c([2H])c1[2H]. The van der Waals surface area contributed by atoms with Crippen molar-refractivity contribution in [1.29, 1.82) is 0 Å². The quantitative estimate of drug-likeness (QED) is 0.186. The van der Waals surface area contributed by atoms with Gasteiger partial charge in [0, 0.05) is 16.3 Å². The third-order valence-corrected chi connectivity index (χ3v) is 7.88. The fraction of sp³-hybridized carbons (Fsp3) is 0. The van der Waals surface area contributed by atoms with E-state index in [-0.39, 0.29) is 32.7 Å². The summed E-state index contributed by atoms with van der Waals surface area (Å²) in [5.74, 6) is 0. The Morgan fingerprint density at radius 1 is 0.378 bits per heavy atom. The van der Waals surface area contributed by atoms with Crippen LogP contribution in [0.25, 0.3) is 88.0 Å². The van der Waals surface area contributed by atoms with Crippen LogP contribution in [-0.2, 0) is 0 Å². The fourth-order valence-electron chi connectivity index (χ4n) is 5.96. The van der Waals surface area contributed by atoms with Crippen LogP contribution in [0.4, 0.5) is 0 Å². The second kappa shape index (κ2) is 10.4. The van der Waals surface area contributed by atoms with E-state index in [0.29, 0.717) is 27.5 Å². The molecule has 0 aliphatic rings. The zero-order chi connectivity index (χ0) is 44.5. The number of rotatable bonds is 4. The van der Waals surface area contributed by atoms with E-state index < -0.39 is 125 Å². The van der Waals surface area contributed by atoms with Crippen LogP contribution in [-0.4, -0.2) is 0 Å². The van der Waals surface area contributed by atoms with E-state index in [9.17, 15) is 11.0 Å². The Hall–Kier alpha value is -5.92. The van der Waals surface area contributed by atoms with Gasteiger partial charge >= 0.3 is 0 Å². The molecule has 0 saturated heterocycles. The van der Waals surface area contributed by atoms with Gasteiger partial charge in [-0.2, -0.15) is 0 Å². The van der Waals surface area contributed by atoms with Crippen LogP contribution in [0.3, 0.4) is 0 Å². The maximum Gasteiger partial charge on any atom is 0.143 e. The predicted octanol–water partition coefficient (Wildman–Crippen LogP) is 12.6. The fourth-order valence-corrected chi connectivity index (χ4v) is 5.96. The molecule has 0 saturated carbocycles. The molecule has 8 aromatic carbocycles. The molecule has 0 amide bonds. The standard InChI is InChI=1S/C44H28O/c1-3-13-29(14-4-1)30-23-25-32(26-24-30)41-34-17-7-9-19-36(34)42(37-20-10-8-18-35(37)41)39-28-27-33(31-15-5-2-6-16-31)44-43(39)38-21-11-12-22-40(38)45-44/h1-28H/i1D,3D,4D,7D,8D,9D,10D,13D,14D,17D,18D,19D,20D,23D,24D,25D,26D. The highest BCUT2D eigenvalue weighted by atomic mass is 16.3. The summed E-state index contributed by atoms with van der Waals surface area (Å²) in [4.78, 5) is 0. The van der Waals surface area contributed by atoms with Crippen LogP contribution in [0.2, 0.25) is 0 Å². The molecule has 0 fully saturated rings. The molecular formula is C44H28O. The molecule has 0 unspecified atom stereocenters. The second-order valence-electron chi connectivity index (χ2n) is 10.3. The molecule has 1 heterocycles. The Morgan fingerprint density at radius 3 is 1.60 bits per heavy atom. The van der Waals surface area contributed by atoms with Gasteiger partial charge in [0.05, 0.1) is 23.3 Å². The largest absolute Gasteiger partial charge is 0.455 e. The molecule has 0 N–H and O–H groups in total. The maximum atomic E-state index is 9.46. The first kappa shape index (κ1) is 13.8. The Morgan fingerprint density at radius 2 is 0.911 bits per heavy atom. The minimum atomic E-state index is -0.866. The van der Waals surface area contributed by atoms with Crippen molar-refractivity contribution in [2.75, 3.05) is 0 Å². The monoisotopic (exact) mass is 589 g/mol. The van der Waals surface area contributed by atoms with Gasteiger partial charge in [0.25, 0.3) is 0 Å². The summed E-state index contributed by atoms with van der Waals surface area (Å²) in [6.45, 7) is 0. The molecule has 0 radical (unpaired) electrons. The smallest absolute Gasteiger partial charge is 0.143 e. The van der Waals surface area contributed by atoms with Crippen molar-refractivity contribution in [2.45, 2.75) is 0 Å². The lowest BCUT2D eigenvalue weighted by Gasteiger charge is -2.19. The van der Waals surface area contributed by atoms with Crippen molar-refractivity contribution in [3.63, 3.8) is 0 Å².